The van der Waals surface area contributed by atoms with Gasteiger partial charge in [0, 0.05) is 16.5 Å². The third-order valence-corrected chi connectivity index (χ3v) is 6.00. The van der Waals surface area contributed by atoms with Crippen molar-refractivity contribution in [3.8, 4) is 33.6 Å². The van der Waals surface area contributed by atoms with Crippen molar-refractivity contribution in [1.29, 1.82) is 0 Å². The molecule has 5 rings (SSSR count). The van der Waals surface area contributed by atoms with Crippen molar-refractivity contribution in [2.24, 2.45) is 0 Å². The van der Waals surface area contributed by atoms with Gasteiger partial charge in [-0.25, -0.2) is 9.97 Å². The van der Waals surface area contributed by atoms with Crippen LogP contribution in [0.5, 0.6) is 0 Å². The smallest absolute Gasteiger partial charge is 0.197 e. The van der Waals surface area contributed by atoms with Crippen LogP contribution in [0.25, 0.3) is 33.6 Å². The maximum atomic E-state index is 4.65. The molecule has 2 nitrogen and oxygen atoms in total. The minimum Gasteiger partial charge on any atom is -0.222 e. The molecule has 0 unspecified atom stereocenters. The van der Waals surface area contributed by atoms with Crippen LogP contribution in [0.15, 0.2) is 83.6 Å². The molecule has 3 aromatic carbocycles. The number of rotatable bonds is 2. The van der Waals surface area contributed by atoms with Gasteiger partial charge in [0.05, 0.1) is 11.4 Å². The lowest BCUT2D eigenvalue weighted by atomic mass is 9.82. The number of hydrogen-bond donors (Lipinski definition) is 0. The Morgan fingerprint density at radius 2 is 1.29 bits per heavy atom. The molecule has 0 saturated heterocycles. The second kappa shape index (κ2) is 6.39. The zero-order valence-electron chi connectivity index (χ0n) is 15.8. The normalized spacial score (nSPS) is 13.8. The van der Waals surface area contributed by atoms with Crippen molar-refractivity contribution >= 4 is 15.9 Å². The highest BCUT2D eigenvalue weighted by atomic mass is 79.9. The molecule has 0 radical (unpaired) electrons. The first-order valence-electron chi connectivity index (χ1n) is 9.39. The monoisotopic (exact) mass is 426 g/mol. The van der Waals surface area contributed by atoms with Crippen LogP contribution in [0.4, 0.5) is 0 Å². The van der Waals surface area contributed by atoms with Gasteiger partial charge >= 0.3 is 0 Å². The Morgan fingerprint density at radius 3 is 2.07 bits per heavy atom. The van der Waals surface area contributed by atoms with Crippen LogP contribution in [0.1, 0.15) is 25.0 Å². The van der Waals surface area contributed by atoms with Crippen LogP contribution >= 0.6 is 15.9 Å². The van der Waals surface area contributed by atoms with E-state index < -0.39 is 0 Å². The fourth-order valence-electron chi connectivity index (χ4n) is 4.20. The Hall–Kier alpha value is -2.78. The molecule has 3 heteroatoms. The van der Waals surface area contributed by atoms with E-state index in [2.05, 4.69) is 100 Å². The average molecular weight is 427 g/mol. The van der Waals surface area contributed by atoms with Crippen molar-refractivity contribution < 1.29 is 0 Å². The lowest BCUT2D eigenvalue weighted by molar-refractivity contribution is 0.660. The van der Waals surface area contributed by atoms with Crippen molar-refractivity contribution in [3.63, 3.8) is 0 Å². The second-order valence-electron chi connectivity index (χ2n) is 7.70. The number of aromatic nitrogens is 2. The van der Waals surface area contributed by atoms with Crippen molar-refractivity contribution in [2.45, 2.75) is 19.3 Å². The molecule has 1 aliphatic carbocycles. The Morgan fingerprint density at radius 1 is 0.643 bits per heavy atom. The molecule has 1 heterocycles. The predicted molar refractivity (Wildman–Crippen MR) is 118 cm³/mol. The van der Waals surface area contributed by atoms with Crippen LogP contribution in [0, 0.1) is 0 Å². The first kappa shape index (κ1) is 17.3. The third-order valence-electron chi connectivity index (χ3n) is 5.65. The van der Waals surface area contributed by atoms with E-state index in [1.807, 2.05) is 18.2 Å². The summed E-state index contributed by atoms with van der Waals surface area (Å²) >= 11 is 3.49. The third kappa shape index (κ3) is 2.70. The number of halogens is 1. The first-order valence-corrected chi connectivity index (χ1v) is 10.2. The minimum absolute atomic E-state index is 0.0198. The molecule has 0 amide bonds. The quantitative estimate of drug-likeness (QED) is 0.326. The van der Waals surface area contributed by atoms with Gasteiger partial charge in [-0.2, -0.15) is 0 Å². The van der Waals surface area contributed by atoms with Crippen molar-refractivity contribution in [2.75, 3.05) is 0 Å². The maximum Gasteiger partial charge on any atom is 0.197 e. The molecule has 0 spiro atoms. The summed E-state index contributed by atoms with van der Waals surface area (Å²) in [6.07, 6.45) is 0. The summed E-state index contributed by atoms with van der Waals surface area (Å²) in [5.74, 6) is 0. The van der Waals surface area contributed by atoms with E-state index in [9.17, 15) is 0 Å². The molecular weight excluding hydrogens is 408 g/mol. The average Bonchev–Trinajstić information content (AvgIpc) is 2.95. The lowest BCUT2D eigenvalue weighted by Gasteiger charge is -2.21. The molecule has 0 aliphatic heterocycles. The van der Waals surface area contributed by atoms with Crippen LogP contribution in [0.3, 0.4) is 0 Å². The number of benzene rings is 3. The summed E-state index contributed by atoms with van der Waals surface area (Å²) < 4.78 is 0.602. The molecule has 1 aromatic heterocycles. The first-order chi connectivity index (χ1) is 13.5. The summed E-state index contributed by atoms with van der Waals surface area (Å²) in [7, 11) is 0. The molecule has 0 N–H and O–H groups in total. The largest absolute Gasteiger partial charge is 0.222 e. The topological polar surface area (TPSA) is 25.8 Å². The van der Waals surface area contributed by atoms with Gasteiger partial charge < -0.3 is 0 Å². The van der Waals surface area contributed by atoms with Crippen molar-refractivity contribution in [3.05, 3.63) is 94.7 Å². The number of fused-ring (bicyclic) bond motifs is 3. The molecule has 0 saturated carbocycles. The maximum absolute atomic E-state index is 4.65. The highest BCUT2D eigenvalue weighted by Crippen LogP contribution is 2.49. The van der Waals surface area contributed by atoms with Gasteiger partial charge in [0.25, 0.3) is 0 Å². The van der Waals surface area contributed by atoms with Gasteiger partial charge in [-0.15, -0.1) is 0 Å². The van der Waals surface area contributed by atoms with Gasteiger partial charge in [-0.3, -0.25) is 0 Å². The fourth-order valence-corrected chi connectivity index (χ4v) is 4.58. The van der Waals surface area contributed by atoms with Gasteiger partial charge in [0.1, 0.15) is 0 Å². The highest BCUT2D eigenvalue weighted by Gasteiger charge is 2.35. The standard InChI is InChI=1S/C25H19BrN2/c1-25(2)20-11-7-6-10-18(20)19-14-17(12-13-21(19)25)23-15-22(27-24(26)28-23)16-8-4-3-5-9-16/h3-15H,1-2H3. The van der Waals surface area contributed by atoms with Crippen LogP contribution in [-0.4, -0.2) is 9.97 Å². The molecule has 136 valence electrons. The van der Waals surface area contributed by atoms with Gasteiger partial charge in [-0.05, 0) is 50.3 Å². The Balaban J connectivity index is 1.67. The van der Waals surface area contributed by atoms with Gasteiger partial charge in [0.15, 0.2) is 4.73 Å². The molecule has 1 aliphatic rings. The fraction of sp³-hybridized carbons (Fsp3) is 0.120. The summed E-state index contributed by atoms with van der Waals surface area (Å²) in [6, 6.07) is 27.7. The van der Waals surface area contributed by atoms with E-state index in [0.29, 0.717) is 4.73 Å². The molecular formula is C25H19BrN2. The second-order valence-corrected chi connectivity index (χ2v) is 8.41. The summed E-state index contributed by atoms with van der Waals surface area (Å²) in [5, 5.41) is 0. The molecule has 28 heavy (non-hydrogen) atoms. The van der Waals surface area contributed by atoms with E-state index in [1.54, 1.807) is 0 Å². The Bertz CT molecular complexity index is 1200. The van der Waals surface area contributed by atoms with E-state index in [4.69, 9.17) is 0 Å². The molecule has 0 fully saturated rings. The van der Waals surface area contributed by atoms with Gasteiger partial charge in [0.2, 0.25) is 0 Å². The molecule has 4 aromatic rings. The minimum atomic E-state index is 0.0198. The zero-order valence-corrected chi connectivity index (χ0v) is 17.4. The zero-order chi connectivity index (χ0) is 19.3. The molecule has 0 atom stereocenters. The van der Waals surface area contributed by atoms with E-state index in [0.717, 1.165) is 22.5 Å². The lowest BCUT2D eigenvalue weighted by Crippen LogP contribution is -2.14. The summed E-state index contributed by atoms with van der Waals surface area (Å²) in [6.45, 7) is 4.60. The van der Waals surface area contributed by atoms with E-state index in [1.165, 1.54) is 22.3 Å². The SMILES string of the molecule is CC1(C)c2ccccc2-c2cc(-c3cc(-c4ccccc4)nc(Br)n3)ccc21. The summed E-state index contributed by atoms with van der Waals surface area (Å²) in [5.41, 5.74) is 9.42. The van der Waals surface area contributed by atoms with E-state index >= 15 is 0 Å². The highest BCUT2D eigenvalue weighted by molar-refractivity contribution is 9.10. The Kier molecular flexibility index (Phi) is 3.95. The predicted octanol–water partition coefficient (Wildman–Crippen LogP) is 6.88. The van der Waals surface area contributed by atoms with E-state index in [-0.39, 0.29) is 5.41 Å². The number of hydrogen-bond acceptors (Lipinski definition) is 2. The van der Waals surface area contributed by atoms with Crippen LogP contribution < -0.4 is 0 Å². The molecule has 0 bridgehead atoms. The van der Waals surface area contributed by atoms with Gasteiger partial charge in [-0.1, -0.05) is 80.6 Å². The Labute approximate surface area is 173 Å². The van der Waals surface area contributed by atoms with Crippen LogP contribution in [0.2, 0.25) is 0 Å². The van der Waals surface area contributed by atoms with Crippen molar-refractivity contribution in [1.82, 2.24) is 9.97 Å². The summed E-state index contributed by atoms with van der Waals surface area (Å²) in [4.78, 5) is 9.22. The number of nitrogens with zero attached hydrogens (tertiary/aromatic N) is 2. The van der Waals surface area contributed by atoms with Crippen LogP contribution in [-0.2, 0) is 5.41 Å².